The number of methoxy groups -OCH3 is 2. The van der Waals surface area contributed by atoms with Crippen LogP contribution in [0.4, 0.5) is 4.39 Å². The molecule has 0 spiro atoms. The smallest absolute Gasteiger partial charge is 0.356 e. The van der Waals surface area contributed by atoms with E-state index >= 15 is 0 Å². The van der Waals surface area contributed by atoms with Crippen LogP contribution in [0, 0.1) is 0 Å². The Balaban J connectivity index is 3.35. The van der Waals surface area contributed by atoms with Gasteiger partial charge in [-0.2, -0.15) is 0 Å². The number of benzene rings is 1. The van der Waals surface area contributed by atoms with Crippen LogP contribution < -0.4 is 0 Å². The van der Waals surface area contributed by atoms with Crippen LogP contribution in [0.25, 0.3) is 0 Å². The number of allylic oxidation sites excluding steroid dienone is 1. The van der Waals surface area contributed by atoms with Gasteiger partial charge in [-0.1, -0.05) is 34.1 Å². The standard InChI is InChI=1S/C14H14BrFO4/c1-4-11(9-5-7-10(15)8-6-9)14(16,12(17)19-2)13(18)20-3/h4-8,11H,1H2,2-3H3/t11-/m0/s1. The van der Waals surface area contributed by atoms with Crippen LogP contribution in [0.3, 0.4) is 0 Å². The van der Waals surface area contributed by atoms with Crippen LogP contribution in [0.15, 0.2) is 41.4 Å². The Kier molecular flexibility index (Phi) is 5.44. The van der Waals surface area contributed by atoms with Crippen molar-refractivity contribution in [3.8, 4) is 0 Å². The van der Waals surface area contributed by atoms with Crippen molar-refractivity contribution in [3.05, 3.63) is 47.0 Å². The molecule has 6 heteroatoms. The number of carbonyl (C=O) groups excluding carboxylic acids is 2. The minimum Gasteiger partial charge on any atom is -0.466 e. The number of ether oxygens (including phenoxy) is 2. The molecule has 0 aliphatic heterocycles. The minimum absolute atomic E-state index is 0.404. The average molecular weight is 345 g/mol. The van der Waals surface area contributed by atoms with Crippen molar-refractivity contribution in [2.24, 2.45) is 0 Å². The summed E-state index contributed by atoms with van der Waals surface area (Å²) in [5, 5.41) is 0. The Morgan fingerprint density at radius 1 is 1.25 bits per heavy atom. The lowest BCUT2D eigenvalue weighted by molar-refractivity contribution is -0.172. The molecule has 0 unspecified atom stereocenters. The molecule has 0 aliphatic rings. The van der Waals surface area contributed by atoms with E-state index in [0.29, 0.717) is 5.56 Å². The molecule has 1 aromatic rings. The van der Waals surface area contributed by atoms with Crippen LogP contribution in [-0.4, -0.2) is 31.8 Å². The molecule has 0 saturated heterocycles. The quantitative estimate of drug-likeness (QED) is 0.468. The van der Waals surface area contributed by atoms with Crippen molar-refractivity contribution in [1.29, 1.82) is 0 Å². The number of halogens is 2. The van der Waals surface area contributed by atoms with Crippen molar-refractivity contribution < 1.29 is 23.5 Å². The summed E-state index contributed by atoms with van der Waals surface area (Å²) in [4.78, 5) is 23.4. The second kappa shape index (κ2) is 6.65. The van der Waals surface area contributed by atoms with Crippen molar-refractivity contribution >= 4 is 27.9 Å². The van der Waals surface area contributed by atoms with E-state index in [1.54, 1.807) is 24.3 Å². The van der Waals surface area contributed by atoms with Gasteiger partial charge in [-0.25, -0.2) is 14.0 Å². The van der Waals surface area contributed by atoms with Gasteiger partial charge < -0.3 is 9.47 Å². The number of alkyl halides is 1. The normalized spacial score (nSPS) is 12.4. The van der Waals surface area contributed by atoms with E-state index < -0.39 is 23.5 Å². The summed E-state index contributed by atoms with van der Waals surface area (Å²) in [6.07, 6.45) is 1.18. The maximum atomic E-state index is 15.0. The molecule has 108 valence electrons. The Morgan fingerprint density at radius 2 is 1.70 bits per heavy atom. The van der Waals surface area contributed by atoms with Gasteiger partial charge in [0, 0.05) is 4.47 Å². The van der Waals surface area contributed by atoms with Crippen molar-refractivity contribution in [3.63, 3.8) is 0 Å². The number of rotatable bonds is 5. The molecule has 0 saturated carbocycles. The molecular formula is C14H14BrFO4. The zero-order chi connectivity index (χ0) is 15.3. The topological polar surface area (TPSA) is 52.6 Å². The lowest BCUT2D eigenvalue weighted by Crippen LogP contribution is -2.48. The highest BCUT2D eigenvalue weighted by Crippen LogP contribution is 2.35. The molecule has 0 N–H and O–H groups in total. The summed E-state index contributed by atoms with van der Waals surface area (Å²) in [6.45, 7) is 3.49. The summed E-state index contributed by atoms with van der Waals surface area (Å²) >= 11 is 3.25. The predicted molar refractivity (Wildman–Crippen MR) is 75.0 cm³/mol. The third kappa shape index (κ3) is 2.90. The molecule has 0 fully saturated rings. The van der Waals surface area contributed by atoms with Crippen LogP contribution in [0.2, 0.25) is 0 Å². The van der Waals surface area contributed by atoms with Crippen LogP contribution in [0.1, 0.15) is 11.5 Å². The summed E-state index contributed by atoms with van der Waals surface area (Å²) in [7, 11) is 2.00. The van der Waals surface area contributed by atoms with E-state index in [0.717, 1.165) is 18.7 Å². The van der Waals surface area contributed by atoms with Gasteiger partial charge >= 0.3 is 17.6 Å². The first-order valence-electron chi connectivity index (χ1n) is 5.65. The monoisotopic (exact) mass is 344 g/mol. The van der Waals surface area contributed by atoms with E-state index in [9.17, 15) is 14.0 Å². The third-order valence-electron chi connectivity index (χ3n) is 2.86. The van der Waals surface area contributed by atoms with Crippen molar-refractivity contribution in [2.45, 2.75) is 11.6 Å². The lowest BCUT2D eigenvalue weighted by Gasteiger charge is -2.27. The highest BCUT2D eigenvalue weighted by atomic mass is 79.9. The summed E-state index contributed by atoms with van der Waals surface area (Å²) in [6, 6.07) is 6.49. The first-order chi connectivity index (χ1) is 9.41. The van der Waals surface area contributed by atoms with Gasteiger partial charge in [0.05, 0.1) is 20.1 Å². The first-order valence-corrected chi connectivity index (χ1v) is 6.44. The molecular weight excluding hydrogens is 331 g/mol. The maximum Gasteiger partial charge on any atom is 0.356 e. The minimum atomic E-state index is -2.97. The number of esters is 2. The molecule has 1 atom stereocenters. The Morgan fingerprint density at radius 3 is 2.05 bits per heavy atom. The predicted octanol–water partition coefficient (Wildman–Crippen LogP) is 2.77. The van der Waals surface area contributed by atoms with E-state index in [2.05, 4.69) is 32.0 Å². The van der Waals surface area contributed by atoms with Gasteiger partial charge in [0.2, 0.25) is 0 Å². The molecule has 0 bridgehead atoms. The van der Waals surface area contributed by atoms with Gasteiger partial charge in [0.25, 0.3) is 0 Å². The highest BCUT2D eigenvalue weighted by molar-refractivity contribution is 9.10. The van der Waals surface area contributed by atoms with Gasteiger partial charge in [-0.15, -0.1) is 6.58 Å². The summed E-state index contributed by atoms with van der Waals surface area (Å²) in [5.41, 5.74) is -2.57. The fourth-order valence-electron chi connectivity index (χ4n) is 1.83. The molecule has 20 heavy (non-hydrogen) atoms. The molecule has 1 rings (SSSR count). The molecule has 0 aliphatic carbocycles. The zero-order valence-corrected chi connectivity index (χ0v) is 12.6. The summed E-state index contributed by atoms with van der Waals surface area (Å²) in [5.74, 6) is -3.86. The summed E-state index contributed by atoms with van der Waals surface area (Å²) < 4.78 is 24.6. The van der Waals surface area contributed by atoms with E-state index in [1.165, 1.54) is 6.08 Å². The maximum absolute atomic E-state index is 15.0. The molecule has 0 heterocycles. The van der Waals surface area contributed by atoms with E-state index in [4.69, 9.17) is 0 Å². The fraction of sp³-hybridized carbons (Fsp3) is 0.286. The Bertz CT molecular complexity index is 496. The fourth-order valence-corrected chi connectivity index (χ4v) is 2.10. The van der Waals surface area contributed by atoms with Crippen molar-refractivity contribution in [2.75, 3.05) is 14.2 Å². The Hall–Kier alpha value is -1.69. The molecule has 1 aromatic carbocycles. The Labute approximate surface area is 124 Å². The largest absolute Gasteiger partial charge is 0.466 e. The number of hydrogen-bond donors (Lipinski definition) is 0. The lowest BCUT2D eigenvalue weighted by atomic mass is 9.83. The van der Waals surface area contributed by atoms with E-state index in [1.807, 2.05) is 0 Å². The molecule has 4 nitrogen and oxygen atoms in total. The molecule has 0 radical (unpaired) electrons. The number of carbonyl (C=O) groups is 2. The SMILES string of the molecule is C=C[C@@H](c1ccc(Br)cc1)C(F)(C(=O)OC)C(=O)OC. The van der Waals surface area contributed by atoms with Gasteiger partial charge in [-0.3, -0.25) is 0 Å². The van der Waals surface area contributed by atoms with Crippen LogP contribution in [0.5, 0.6) is 0 Å². The highest BCUT2D eigenvalue weighted by Gasteiger charge is 2.55. The average Bonchev–Trinajstić information content (AvgIpc) is 2.47. The second-order valence-electron chi connectivity index (χ2n) is 3.96. The molecule has 0 amide bonds. The molecule has 0 aromatic heterocycles. The number of hydrogen-bond acceptors (Lipinski definition) is 4. The van der Waals surface area contributed by atoms with Gasteiger partial charge in [-0.05, 0) is 17.7 Å². The first kappa shape index (κ1) is 16.4. The van der Waals surface area contributed by atoms with Gasteiger partial charge in [0.1, 0.15) is 0 Å². The van der Waals surface area contributed by atoms with Crippen LogP contribution >= 0.6 is 15.9 Å². The second-order valence-corrected chi connectivity index (χ2v) is 4.88. The van der Waals surface area contributed by atoms with Crippen molar-refractivity contribution in [1.82, 2.24) is 0 Å². The van der Waals surface area contributed by atoms with Crippen LogP contribution in [-0.2, 0) is 19.1 Å². The zero-order valence-electron chi connectivity index (χ0n) is 11.1. The van der Waals surface area contributed by atoms with Gasteiger partial charge in [0.15, 0.2) is 0 Å². The van der Waals surface area contributed by atoms with E-state index in [-0.39, 0.29) is 0 Å². The third-order valence-corrected chi connectivity index (χ3v) is 3.39.